The molecule has 134 valence electrons. The van der Waals surface area contributed by atoms with Crippen molar-refractivity contribution in [2.75, 3.05) is 0 Å². The molecule has 0 unspecified atom stereocenters. The molecule has 0 N–H and O–H groups in total. The number of para-hydroxylation sites is 2. The first-order valence-electron chi connectivity index (χ1n) is 8.69. The van der Waals surface area contributed by atoms with E-state index in [1.807, 2.05) is 51.1 Å². The standard InChI is InChI=1S/C21H22N2O3/c1-14-7-5-10-17-19(14)22-13-23(21(17)25)12-6-11-18(24)26-20-15(2)8-4-9-16(20)3/h4-5,7-10,13H,6,11-12H2,1-3H3. The molecule has 0 aliphatic heterocycles. The number of ether oxygens (including phenoxy) is 1. The van der Waals surface area contributed by atoms with Gasteiger partial charge in [-0.15, -0.1) is 0 Å². The van der Waals surface area contributed by atoms with Crippen LogP contribution in [0.25, 0.3) is 10.9 Å². The number of aryl methyl sites for hydroxylation is 4. The summed E-state index contributed by atoms with van der Waals surface area (Å²) < 4.78 is 7.04. The molecule has 0 radical (unpaired) electrons. The zero-order chi connectivity index (χ0) is 18.7. The SMILES string of the molecule is Cc1cccc(C)c1OC(=O)CCCn1cnc2c(C)cccc2c1=O. The predicted molar refractivity (Wildman–Crippen MR) is 102 cm³/mol. The Labute approximate surface area is 152 Å². The third-order valence-corrected chi connectivity index (χ3v) is 4.46. The van der Waals surface area contributed by atoms with E-state index in [4.69, 9.17) is 4.74 Å². The van der Waals surface area contributed by atoms with Crippen LogP contribution in [-0.4, -0.2) is 15.5 Å². The van der Waals surface area contributed by atoms with Gasteiger partial charge < -0.3 is 4.74 Å². The van der Waals surface area contributed by atoms with Gasteiger partial charge in [-0.1, -0.05) is 30.3 Å². The smallest absolute Gasteiger partial charge is 0.311 e. The summed E-state index contributed by atoms with van der Waals surface area (Å²) in [7, 11) is 0. The van der Waals surface area contributed by atoms with Gasteiger partial charge in [-0.25, -0.2) is 4.98 Å². The number of carbonyl (C=O) groups excluding carboxylic acids is 1. The van der Waals surface area contributed by atoms with Gasteiger partial charge in [-0.3, -0.25) is 14.2 Å². The van der Waals surface area contributed by atoms with E-state index in [0.717, 1.165) is 22.2 Å². The average molecular weight is 350 g/mol. The number of benzene rings is 2. The van der Waals surface area contributed by atoms with Gasteiger partial charge in [-0.05, 0) is 49.9 Å². The van der Waals surface area contributed by atoms with Gasteiger partial charge in [0.05, 0.1) is 17.2 Å². The molecule has 0 fully saturated rings. The summed E-state index contributed by atoms with van der Waals surface area (Å²) in [5.41, 5.74) is 3.49. The van der Waals surface area contributed by atoms with Crippen molar-refractivity contribution in [1.29, 1.82) is 0 Å². The number of nitrogens with zero attached hydrogens (tertiary/aromatic N) is 2. The van der Waals surface area contributed by atoms with E-state index in [1.54, 1.807) is 17.0 Å². The second kappa shape index (κ2) is 7.52. The molecule has 3 rings (SSSR count). The minimum absolute atomic E-state index is 0.0817. The molecule has 0 saturated heterocycles. The summed E-state index contributed by atoms with van der Waals surface area (Å²) in [6, 6.07) is 11.3. The average Bonchev–Trinajstić information content (AvgIpc) is 2.61. The summed E-state index contributed by atoms with van der Waals surface area (Å²) in [4.78, 5) is 29.0. The first-order valence-corrected chi connectivity index (χ1v) is 8.69. The van der Waals surface area contributed by atoms with Gasteiger partial charge in [0.15, 0.2) is 0 Å². The number of aromatic nitrogens is 2. The Hall–Kier alpha value is -2.95. The second-order valence-electron chi connectivity index (χ2n) is 6.51. The number of fused-ring (bicyclic) bond motifs is 1. The largest absolute Gasteiger partial charge is 0.426 e. The minimum atomic E-state index is -0.292. The predicted octanol–water partition coefficient (Wildman–Crippen LogP) is 3.71. The minimum Gasteiger partial charge on any atom is -0.426 e. The maximum atomic E-state index is 12.5. The molecule has 0 saturated carbocycles. The van der Waals surface area contributed by atoms with Crippen LogP contribution in [-0.2, 0) is 11.3 Å². The Morgan fingerprint density at radius 2 is 1.69 bits per heavy atom. The Kier molecular flexibility index (Phi) is 5.16. The molecule has 1 heterocycles. The molecule has 0 spiro atoms. The molecule has 5 heteroatoms. The maximum absolute atomic E-state index is 12.5. The lowest BCUT2D eigenvalue weighted by Crippen LogP contribution is -2.21. The van der Waals surface area contributed by atoms with Gasteiger partial charge in [0.1, 0.15) is 5.75 Å². The van der Waals surface area contributed by atoms with Crippen molar-refractivity contribution in [3.05, 3.63) is 69.8 Å². The van der Waals surface area contributed by atoms with Crippen molar-refractivity contribution in [1.82, 2.24) is 9.55 Å². The van der Waals surface area contributed by atoms with Crippen LogP contribution in [0, 0.1) is 20.8 Å². The van der Waals surface area contributed by atoms with Gasteiger partial charge >= 0.3 is 5.97 Å². The zero-order valence-electron chi connectivity index (χ0n) is 15.3. The summed E-state index contributed by atoms with van der Waals surface area (Å²) in [5, 5.41) is 0.602. The Morgan fingerprint density at radius 3 is 2.42 bits per heavy atom. The topological polar surface area (TPSA) is 61.2 Å². The lowest BCUT2D eigenvalue weighted by Gasteiger charge is -2.11. The molecule has 2 aromatic carbocycles. The van der Waals surface area contributed by atoms with Crippen molar-refractivity contribution < 1.29 is 9.53 Å². The molecule has 1 aromatic heterocycles. The first-order chi connectivity index (χ1) is 12.5. The fraction of sp³-hybridized carbons (Fsp3) is 0.286. The zero-order valence-corrected chi connectivity index (χ0v) is 15.3. The van der Waals surface area contributed by atoms with Crippen molar-refractivity contribution in [2.45, 2.75) is 40.2 Å². The van der Waals surface area contributed by atoms with Crippen LogP contribution < -0.4 is 10.3 Å². The second-order valence-corrected chi connectivity index (χ2v) is 6.51. The van der Waals surface area contributed by atoms with E-state index in [-0.39, 0.29) is 17.9 Å². The third-order valence-electron chi connectivity index (χ3n) is 4.46. The normalized spacial score (nSPS) is 10.9. The highest BCUT2D eigenvalue weighted by molar-refractivity contribution is 5.80. The highest BCUT2D eigenvalue weighted by Gasteiger charge is 2.11. The summed E-state index contributed by atoms with van der Waals surface area (Å²) in [6.45, 7) is 6.19. The molecule has 0 aliphatic rings. The van der Waals surface area contributed by atoms with E-state index in [1.165, 1.54) is 0 Å². The Bertz CT molecular complexity index is 1000. The molecular formula is C21H22N2O3. The van der Waals surface area contributed by atoms with E-state index in [9.17, 15) is 9.59 Å². The van der Waals surface area contributed by atoms with Crippen molar-refractivity contribution in [2.24, 2.45) is 0 Å². The van der Waals surface area contributed by atoms with Gasteiger partial charge in [0.2, 0.25) is 0 Å². The van der Waals surface area contributed by atoms with Crippen LogP contribution in [0.2, 0.25) is 0 Å². The highest BCUT2D eigenvalue weighted by Crippen LogP contribution is 2.22. The van der Waals surface area contributed by atoms with Crippen molar-refractivity contribution in [3.8, 4) is 5.75 Å². The van der Waals surface area contributed by atoms with Gasteiger partial charge in [0.25, 0.3) is 5.56 Å². The van der Waals surface area contributed by atoms with Crippen LogP contribution in [0.5, 0.6) is 5.75 Å². The Balaban J connectivity index is 1.65. The quantitative estimate of drug-likeness (QED) is 0.520. The maximum Gasteiger partial charge on any atom is 0.311 e. The van der Waals surface area contributed by atoms with E-state index in [0.29, 0.717) is 24.1 Å². The van der Waals surface area contributed by atoms with Crippen LogP contribution >= 0.6 is 0 Å². The monoisotopic (exact) mass is 350 g/mol. The number of hydrogen-bond donors (Lipinski definition) is 0. The summed E-state index contributed by atoms with van der Waals surface area (Å²) >= 11 is 0. The van der Waals surface area contributed by atoms with E-state index < -0.39 is 0 Å². The molecule has 0 aliphatic carbocycles. The highest BCUT2D eigenvalue weighted by atomic mass is 16.5. The van der Waals surface area contributed by atoms with E-state index in [2.05, 4.69) is 4.98 Å². The van der Waals surface area contributed by atoms with E-state index >= 15 is 0 Å². The summed E-state index contributed by atoms with van der Waals surface area (Å²) in [5.74, 6) is 0.331. The van der Waals surface area contributed by atoms with Crippen molar-refractivity contribution in [3.63, 3.8) is 0 Å². The fourth-order valence-corrected chi connectivity index (χ4v) is 3.02. The molecule has 0 bridgehead atoms. The molecular weight excluding hydrogens is 328 g/mol. The van der Waals surface area contributed by atoms with Crippen LogP contribution in [0.1, 0.15) is 29.5 Å². The number of esters is 1. The lowest BCUT2D eigenvalue weighted by atomic mass is 10.1. The number of rotatable bonds is 5. The van der Waals surface area contributed by atoms with Crippen LogP contribution in [0.3, 0.4) is 0 Å². The van der Waals surface area contributed by atoms with Gasteiger partial charge in [-0.2, -0.15) is 0 Å². The van der Waals surface area contributed by atoms with Crippen LogP contribution in [0.4, 0.5) is 0 Å². The molecule has 0 amide bonds. The first kappa shape index (κ1) is 17.9. The van der Waals surface area contributed by atoms with Crippen LogP contribution in [0.15, 0.2) is 47.5 Å². The molecule has 26 heavy (non-hydrogen) atoms. The third kappa shape index (κ3) is 3.67. The Morgan fingerprint density at radius 1 is 1.04 bits per heavy atom. The fourth-order valence-electron chi connectivity index (χ4n) is 3.02. The number of hydrogen-bond acceptors (Lipinski definition) is 4. The molecule has 0 atom stereocenters. The molecule has 5 nitrogen and oxygen atoms in total. The number of carbonyl (C=O) groups is 1. The van der Waals surface area contributed by atoms with Crippen molar-refractivity contribution >= 4 is 16.9 Å². The van der Waals surface area contributed by atoms with Gasteiger partial charge in [0, 0.05) is 13.0 Å². The lowest BCUT2D eigenvalue weighted by molar-refractivity contribution is -0.134. The summed E-state index contributed by atoms with van der Waals surface area (Å²) in [6.07, 6.45) is 2.31. The molecule has 3 aromatic rings.